The number of unbranched alkanes of at least 4 members (excludes halogenated alkanes) is 15. The molecule has 288 valence electrons. The molecule has 0 saturated carbocycles. The van der Waals surface area contributed by atoms with Gasteiger partial charge in [0.15, 0.2) is 6.10 Å². The Morgan fingerprint density at radius 2 is 0.960 bits per heavy atom. The molecule has 50 heavy (non-hydrogen) atoms. The summed E-state index contributed by atoms with van der Waals surface area (Å²) in [4.78, 5) is 42.8. The van der Waals surface area contributed by atoms with Crippen LogP contribution < -0.4 is 0 Å². The predicted octanol–water partition coefficient (Wildman–Crippen LogP) is 11.7. The SMILES string of the molecule is CC/C=C\C/C=C\C/C=C\C/C=C\CCCCCCC(=O)O[C@H](COC(=O)CCCCCCCCC/C=C\CCCCCC)COP(=O)(O)O. The highest BCUT2D eigenvalue weighted by Crippen LogP contribution is 2.36. The fourth-order valence-electron chi connectivity index (χ4n) is 5.12. The molecule has 0 amide bonds. The summed E-state index contributed by atoms with van der Waals surface area (Å²) in [6.45, 7) is 3.52. The van der Waals surface area contributed by atoms with Crippen molar-refractivity contribution < 1.29 is 37.9 Å². The monoisotopic (exact) mass is 722 g/mol. The van der Waals surface area contributed by atoms with Gasteiger partial charge in [0.1, 0.15) is 6.61 Å². The Labute approximate surface area is 305 Å². The zero-order valence-electron chi connectivity index (χ0n) is 31.5. The Balaban J connectivity index is 4.02. The molecule has 0 aromatic rings. The van der Waals surface area contributed by atoms with Crippen molar-refractivity contribution in [3.63, 3.8) is 0 Å². The van der Waals surface area contributed by atoms with Crippen molar-refractivity contribution in [2.24, 2.45) is 0 Å². The van der Waals surface area contributed by atoms with Crippen LogP contribution in [-0.4, -0.2) is 41.0 Å². The molecular weight excluding hydrogens is 651 g/mol. The molecule has 9 heteroatoms. The third-order valence-electron chi connectivity index (χ3n) is 8.02. The van der Waals surface area contributed by atoms with E-state index in [0.29, 0.717) is 12.8 Å². The van der Waals surface area contributed by atoms with Crippen molar-refractivity contribution in [2.75, 3.05) is 13.2 Å². The van der Waals surface area contributed by atoms with Crippen LogP contribution in [-0.2, 0) is 28.2 Å². The van der Waals surface area contributed by atoms with Gasteiger partial charge in [0.05, 0.1) is 6.61 Å². The van der Waals surface area contributed by atoms with Gasteiger partial charge in [-0.15, -0.1) is 0 Å². The molecule has 1 atom stereocenters. The van der Waals surface area contributed by atoms with E-state index in [1.54, 1.807) is 0 Å². The summed E-state index contributed by atoms with van der Waals surface area (Å²) in [5.41, 5.74) is 0. The van der Waals surface area contributed by atoms with Gasteiger partial charge in [-0.3, -0.25) is 14.1 Å². The molecule has 0 bridgehead atoms. The topological polar surface area (TPSA) is 119 Å². The molecule has 2 N–H and O–H groups in total. The van der Waals surface area contributed by atoms with E-state index in [1.807, 2.05) is 0 Å². The van der Waals surface area contributed by atoms with Crippen LogP contribution in [0, 0.1) is 0 Å². The molecule has 0 heterocycles. The lowest BCUT2D eigenvalue weighted by Crippen LogP contribution is -2.29. The quantitative estimate of drug-likeness (QED) is 0.0287. The van der Waals surface area contributed by atoms with Gasteiger partial charge in [0, 0.05) is 12.8 Å². The number of hydrogen-bond acceptors (Lipinski definition) is 6. The predicted molar refractivity (Wildman–Crippen MR) is 207 cm³/mol. The number of allylic oxidation sites excluding steroid dienone is 10. The van der Waals surface area contributed by atoms with Gasteiger partial charge >= 0.3 is 19.8 Å². The van der Waals surface area contributed by atoms with Crippen LogP contribution in [0.25, 0.3) is 0 Å². The Hall–Kier alpha value is -2.25. The highest BCUT2D eigenvalue weighted by Gasteiger charge is 2.22. The third kappa shape index (κ3) is 38.6. The molecule has 0 fully saturated rings. The summed E-state index contributed by atoms with van der Waals surface area (Å²) in [6, 6.07) is 0. The van der Waals surface area contributed by atoms with E-state index in [2.05, 4.69) is 79.1 Å². The number of ether oxygens (including phenoxy) is 2. The first-order chi connectivity index (χ1) is 24.3. The van der Waals surface area contributed by atoms with E-state index >= 15 is 0 Å². The van der Waals surface area contributed by atoms with Crippen molar-refractivity contribution in [3.8, 4) is 0 Å². The number of phosphoric ester groups is 1. The van der Waals surface area contributed by atoms with Crippen LogP contribution in [0.5, 0.6) is 0 Å². The summed E-state index contributed by atoms with van der Waals surface area (Å²) in [6.07, 6.45) is 45.1. The molecule has 0 aliphatic heterocycles. The Kier molecular flexibility index (Phi) is 34.9. The molecule has 0 spiro atoms. The minimum absolute atomic E-state index is 0.181. The van der Waals surface area contributed by atoms with E-state index in [-0.39, 0.29) is 19.4 Å². The van der Waals surface area contributed by atoms with Crippen molar-refractivity contribution in [2.45, 2.75) is 174 Å². The van der Waals surface area contributed by atoms with Crippen LogP contribution in [0.1, 0.15) is 168 Å². The van der Waals surface area contributed by atoms with Crippen molar-refractivity contribution in [3.05, 3.63) is 60.8 Å². The van der Waals surface area contributed by atoms with Gasteiger partial charge in [-0.05, 0) is 77.0 Å². The lowest BCUT2D eigenvalue weighted by atomic mass is 10.1. The van der Waals surface area contributed by atoms with Crippen molar-refractivity contribution in [1.82, 2.24) is 0 Å². The maximum atomic E-state index is 12.4. The standard InChI is InChI=1S/C41H71O8P/c1-3-5-7-9-11-13-15-17-19-20-22-24-26-28-30-32-34-36-41(43)49-39(38-48-50(44,45)46)37-47-40(42)35-33-31-29-27-25-23-21-18-16-14-12-10-8-6-4-2/h5,7,11,13-14,16-17,19,22,24,39H,3-4,6,8-10,12,15,18,20-21,23,25-38H2,1-2H3,(H2,44,45,46)/b7-5-,13-11-,16-14-,19-17-,24-22-/t39-/m1/s1. The fraction of sp³-hybridized carbons (Fsp3) is 0.707. The molecule has 8 nitrogen and oxygen atoms in total. The fourth-order valence-corrected chi connectivity index (χ4v) is 5.48. The molecule has 0 aromatic heterocycles. The summed E-state index contributed by atoms with van der Waals surface area (Å²) < 4.78 is 26.3. The molecule has 0 aliphatic carbocycles. The number of rotatable bonds is 35. The summed E-state index contributed by atoms with van der Waals surface area (Å²) >= 11 is 0. The maximum absolute atomic E-state index is 12.4. The van der Waals surface area contributed by atoms with Crippen LogP contribution in [0.4, 0.5) is 0 Å². The number of carbonyl (C=O) groups is 2. The number of esters is 2. The largest absolute Gasteiger partial charge is 0.469 e. The van der Waals surface area contributed by atoms with Crippen LogP contribution in [0.3, 0.4) is 0 Å². The molecule has 0 radical (unpaired) electrons. The first-order valence-corrected chi connectivity index (χ1v) is 21.1. The first kappa shape index (κ1) is 47.8. The van der Waals surface area contributed by atoms with Crippen molar-refractivity contribution in [1.29, 1.82) is 0 Å². The molecule has 0 saturated heterocycles. The lowest BCUT2D eigenvalue weighted by Gasteiger charge is -2.18. The first-order valence-electron chi connectivity index (χ1n) is 19.6. The number of phosphoric acid groups is 1. The van der Waals surface area contributed by atoms with E-state index in [0.717, 1.165) is 77.0 Å². The van der Waals surface area contributed by atoms with E-state index in [9.17, 15) is 14.2 Å². The molecule has 0 rings (SSSR count). The van der Waals surface area contributed by atoms with Gasteiger partial charge in [-0.2, -0.15) is 0 Å². The minimum atomic E-state index is -4.76. The minimum Gasteiger partial charge on any atom is -0.462 e. The van der Waals surface area contributed by atoms with Gasteiger partial charge in [-0.1, -0.05) is 139 Å². The van der Waals surface area contributed by atoms with Gasteiger partial charge in [0.2, 0.25) is 0 Å². The Morgan fingerprint density at radius 3 is 1.46 bits per heavy atom. The lowest BCUT2D eigenvalue weighted by molar-refractivity contribution is -0.161. The summed E-state index contributed by atoms with van der Waals surface area (Å²) in [5.74, 6) is -0.922. The third-order valence-corrected chi connectivity index (χ3v) is 8.51. The Bertz CT molecular complexity index is 995. The van der Waals surface area contributed by atoms with Gasteiger partial charge < -0.3 is 19.3 Å². The highest BCUT2D eigenvalue weighted by molar-refractivity contribution is 7.46. The van der Waals surface area contributed by atoms with E-state index in [4.69, 9.17) is 19.3 Å². The molecule has 0 aliphatic rings. The zero-order valence-corrected chi connectivity index (χ0v) is 32.4. The van der Waals surface area contributed by atoms with Crippen LogP contribution in [0.15, 0.2) is 60.8 Å². The second-order valence-electron chi connectivity index (χ2n) is 12.9. The number of carbonyl (C=O) groups excluding carboxylic acids is 2. The maximum Gasteiger partial charge on any atom is 0.469 e. The Morgan fingerprint density at radius 1 is 0.540 bits per heavy atom. The second-order valence-corrected chi connectivity index (χ2v) is 14.1. The molecule has 0 unspecified atom stereocenters. The van der Waals surface area contributed by atoms with Gasteiger partial charge in [-0.25, -0.2) is 4.57 Å². The van der Waals surface area contributed by atoms with Gasteiger partial charge in [0.25, 0.3) is 0 Å². The van der Waals surface area contributed by atoms with Crippen LogP contribution >= 0.6 is 7.82 Å². The second kappa shape index (κ2) is 36.5. The normalized spacial score (nSPS) is 13.1. The van der Waals surface area contributed by atoms with Crippen LogP contribution in [0.2, 0.25) is 0 Å². The average Bonchev–Trinajstić information content (AvgIpc) is 3.08. The number of hydrogen-bond donors (Lipinski definition) is 2. The smallest absolute Gasteiger partial charge is 0.462 e. The van der Waals surface area contributed by atoms with E-state index in [1.165, 1.54) is 51.4 Å². The molecular formula is C41H71O8P. The molecule has 0 aromatic carbocycles. The summed E-state index contributed by atoms with van der Waals surface area (Å²) in [5, 5.41) is 0. The van der Waals surface area contributed by atoms with E-state index < -0.39 is 32.5 Å². The highest BCUT2D eigenvalue weighted by atomic mass is 31.2. The summed E-state index contributed by atoms with van der Waals surface area (Å²) in [7, 11) is -4.76. The van der Waals surface area contributed by atoms with Crippen molar-refractivity contribution >= 4 is 19.8 Å². The zero-order chi connectivity index (χ0) is 36.8. The average molecular weight is 723 g/mol.